The molecule has 0 aliphatic rings. The Labute approximate surface area is 124 Å². The summed E-state index contributed by atoms with van der Waals surface area (Å²) in [4.78, 5) is 11.2. The monoisotopic (exact) mass is 390 g/mol. The average Bonchev–Trinajstić information content (AvgIpc) is 2.65. The lowest BCUT2D eigenvalue weighted by Crippen LogP contribution is -2.02. The van der Waals surface area contributed by atoms with Crippen LogP contribution in [0.15, 0.2) is 27.1 Å². The van der Waals surface area contributed by atoms with Gasteiger partial charge in [0.25, 0.3) is 0 Å². The van der Waals surface area contributed by atoms with Crippen molar-refractivity contribution >= 4 is 60.1 Å². The maximum Gasteiger partial charge on any atom is 0.340 e. The van der Waals surface area contributed by atoms with E-state index in [1.807, 2.05) is 18.2 Å². The Hall–Kier alpha value is -0.920. The maximum absolute atomic E-state index is 11.2. The molecule has 0 spiro atoms. The van der Waals surface area contributed by atoms with Crippen molar-refractivity contribution in [2.45, 2.75) is 6.92 Å². The summed E-state index contributed by atoms with van der Waals surface area (Å²) < 4.78 is 5.75. The highest BCUT2D eigenvalue weighted by molar-refractivity contribution is 9.11. The molecule has 4 nitrogen and oxygen atoms in total. The van der Waals surface area contributed by atoms with Crippen LogP contribution in [-0.4, -0.2) is 15.4 Å². The second-order valence-corrected chi connectivity index (χ2v) is 5.98. The minimum absolute atomic E-state index is 0.211. The van der Waals surface area contributed by atoms with Crippen LogP contribution in [0.2, 0.25) is 0 Å². The molecule has 94 valence electrons. The zero-order valence-corrected chi connectivity index (χ0v) is 13.2. The molecule has 18 heavy (non-hydrogen) atoms. The zero-order chi connectivity index (χ0) is 13.3. The Kier molecular flexibility index (Phi) is 4.04. The smallest absolute Gasteiger partial charge is 0.340 e. The van der Waals surface area contributed by atoms with Crippen molar-refractivity contribution in [3.63, 3.8) is 0 Å². The second kappa shape index (κ2) is 5.38. The Morgan fingerprint density at radius 2 is 2.00 bits per heavy atom. The third-order valence-electron chi connectivity index (χ3n) is 2.28. The summed E-state index contributed by atoms with van der Waals surface area (Å²) in [5.41, 5.74) is 1.50. The summed E-state index contributed by atoms with van der Waals surface area (Å²) in [5, 5.41) is 12.8. The Morgan fingerprint density at radius 1 is 1.39 bits per heavy atom. The lowest BCUT2D eigenvalue weighted by atomic mass is 10.2. The first kappa shape index (κ1) is 13.5. The van der Waals surface area contributed by atoms with E-state index in [4.69, 9.17) is 5.11 Å². The topological polar surface area (TPSA) is 62.2 Å². The third kappa shape index (κ3) is 2.57. The zero-order valence-electron chi connectivity index (χ0n) is 9.20. The van der Waals surface area contributed by atoms with Crippen LogP contribution < -0.4 is 5.32 Å². The molecule has 2 aromatic rings. The molecular weight excluding hydrogens is 384 g/mol. The molecule has 0 unspecified atom stereocenters. The molecule has 0 aliphatic carbocycles. The van der Waals surface area contributed by atoms with Crippen molar-refractivity contribution < 1.29 is 9.90 Å². The van der Waals surface area contributed by atoms with Crippen LogP contribution in [-0.2, 0) is 0 Å². The van der Waals surface area contributed by atoms with Crippen molar-refractivity contribution in [3.05, 3.63) is 38.4 Å². The Morgan fingerprint density at radius 3 is 2.56 bits per heavy atom. The van der Waals surface area contributed by atoms with E-state index in [9.17, 15) is 4.79 Å². The highest BCUT2D eigenvalue weighted by atomic mass is 79.9. The summed E-state index contributed by atoms with van der Waals surface area (Å²) in [6, 6.07) is 5.64. The number of carboxylic acids is 1. The van der Waals surface area contributed by atoms with Gasteiger partial charge in [-0.25, -0.2) is 4.79 Å². The normalized spacial score (nSPS) is 10.4. The molecule has 0 amide bonds. The van der Waals surface area contributed by atoms with E-state index < -0.39 is 5.97 Å². The van der Waals surface area contributed by atoms with Crippen molar-refractivity contribution in [1.82, 2.24) is 4.37 Å². The molecule has 0 atom stereocenters. The Balaban J connectivity index is 2.44. The van der Waals surface area contributed by atoms with Gasteiger partial charge in [-0.05, 0) is 62.4 Å². The number of carboxylic acid groups (broad SMARTS) is 1. The minimum atomic E-state index is -0.980. The molecular formula is C11H8Br2N2O2S. The van der Waals surface area contributed by atoms with Crippen LogP contribution in [0.5, 0.6) is 0 Å². The highest BCUT2D eigenvalue weighted by Gasteiger charge is 2.18. The van der Waals surface area contributed by atoms with E-state index in [1.54, 1.807) is 6.92 Å². The number of aromatic carboxylic acids is 1. The third-order valence-corrected chi connectivity index (χ3v) is 4.45. The first-order valence-corrected chi connectivity index (χ1v) is 7.27. The number of nitrogens with zero attached hydrogens (tertiary/aromatic N) is 1. The molecule has 0 bridgehead atoms. The SMILES string of the molecule is Cc1nsc(Nc2c(Br)cccc2Br)c1C(=O)O. The number of aromatic nitrogens is 1. The highest BCUT2D eigenvalue weighted by Crippen LogP contribution is 2.36. The van der Waals surface area contributed by atoms with Crippen LogP contribution in [0.3, 0.4) is 0 Å². The number of nitrogens with one attached hydrogen (secondary N) is 1. The molecule has 7 heteroatoms. The summed E-state index contributed by atoms with van der Waals surface area (Å²) >= 11 is 7.97. The van der Waals surface area contributed by atoms with Crippen LogP contribution in [0, 0.1) is 6.92 Å². The predicted molar refractivity (Wildman–Crippen MR) is 78.9 cm³/mol. The van der Waals surface area contributed by atoms with Crippen molar-refractivity contribution in [3.8, 4) is 0 Å². The van der Waals surface area contributed by atoms with Gasteiger partial charge in [0.2, 0.25) is 0 Å². The van der Waals surface area contributed by atoms with Gasteiger partial charge in [0, 0.05) is 8.95 Å². The van der Waals surface area contributed by atoms with E-state index in [0.29, 0.717) is 10.7 Å². The fourth-order valence-electron chi connectivity index (χ4n) is 1.44. The van der Waals surface area contributed by atoms with Crippen molar-refractivity contribution in [2.75, 3.05) is 5.32 Å². The lowest BCUT2D eigenvalue weighted by molar-refractivity contribution is 0.0697. The van der Waals surface area contributed by atoms with Gasteiger partial charge in [-0.15, -0.1) is 0 Å². The number of para-hydroxylation sites is 1. The molecule has 1 heterocycles. The fourth-order valence-corrected chi connectivity index (χ4v) is 3.43. The molecule has 0 saturated carbocycles. The quantitative estimate of drug-likeness (QED) is 0.812. The number of anilines is 2. The Bertz CT molecular complexity index is 593. The summed E-state index contributed by atoms with van der Waals surface area (Å²) in [5.74, 6) is -0.980. The number of rotatable bonds is 3. The van der Waals surface area contributed by atoms with Crippen LogP contribution in [0.25, 0.3) is 0 Å². The maximum atomic E-state index is 11.2. The summed E-state index contributed by atoms with van der Waals surface area (Å²) in [6.45, 7) is 1.68. The predicted octanol–water partition coefficient (Wildman–Crippen LogP) is 4.42. The molecule has 0 saturated heterocycles. The molecule has 0 aliphatic heterocycles. The molecule has 2 N–H and O–H groups in total. The summed E-state index contributed by atoms with van der Waals surface area (Å²) in [6.07, 6.45) is 0. The van der Waals surface area contributed by atoms with Gasteiger partial charge < -0.3 is 10.4 Å². The number of halogens is 2. The minimum Gasteiger partial charge on any atom is -0.478 e. The van der Waals surface area contributed by atoms with E-state index in [1.165, 1.54) is 0 Å². The van der Waals surface area contributed by atoms with Gasteiger partial charge in [0.1, 0.15) is 10.6 Å². The number of hydrogen-bond acceptors (Lipinski definition) is 4. The van der Waals surface area contributed by atoms with E-state index >= 15 is 0 Å². The van der Waals surface area contributed by atoms with E-state index in [2.05, 4.69) is 41.6 Å². The molecule has 0 fully saturated rings. The van der Waals surface area contributed by atoms with E-state index in [-0.39, 0.29) is 5.56 Å². The first-order chi connectivity index (χ1) is 8.50. The van der Waals surface area contributed by atoms with Crippen molar-refractivity contribution in [1.29, 1.82) is 0 Å². The standard InChI is InChI=1S/C11H8Br2N2O2S/c1-5-8(11(16)17)10(18-15-5)14-9-6(12)3-2-4-7(9)13/h2-4,14H,1H3,(H,16,17). The van der Waals surface area contributed by atoms with Crippen molar-refractivity contribution in [2.24, 2.45) is 0 Å². The number of hydrogen-bond donors (Lipinski definition) is 2. The average molecular weight is 392 g/mol. The van der Waals surface area contributed by atoms with Crippen LogP contribution in [0.1, 0.15) is 16.1 Å². The van der Waals surface area contributed by atoms with E-state index in [0.717, 1.165) is 26.2 Å². The largest absolute Gasteiger partial charge is 0.478 e. The van der Waals surface area contributed by atoms with Gasteiger partial charge in [-0.2, -0.15) is 4.37 Å². The molecule has 1 aromatic carbocycles. The molecule has 1 aromatic heterocycles. The number of benzene rings is 1. The molecule has 2 rings (SSSR count). The van der Waals surface area contributed by atoms with Gasteiger partial charge in [-0.3, -0.25) is 0 Å². The van der Waals surface area contributed by atoms with Crippen LogP contribution in [0.4, 0.5) is 10.7 Å². The molecule has 0 radical (unpaired) electrons. The van der Waals surface area contributed by atoms with Crippen LogP contribution >= 0.6 is 43.4 Å². The number of carbonyl (C=O) groups is 1. The lowest BCUT2D eigenvalue weighted by Gasteiger charge is -2.09. The van der Waals surface area contributed by atoms with Gasteiger partial charge in [0.05, 0.1) is 11.4 Å². The van der Waals surface area contributed by atoms with Gasteiger partial charge >= 0.3 is 5.97 Å². The first-order valence-electron chi connectivity index (χ1n) is 4.91. The van der Waals surface area contributed by atoms with Gasteiger partial charge in [-0.1, -0.05) is 6.07 Å². The summed E-state index contributed by atoms with van der Waals surface area (Å²) in [7, 11) is 0. The second-order valence-electron chi connectivity index (χ2n) is 3.50. The van der Waals surface area contributed by atoms with Gasteiger partial charge in [0.15, 0.2) is 0 Å². The number of aryl methyl sites for hydroxylation is 1. The fraction of sp³-hybridized carbons (Fsp3) is 0.0909.